The number of nitrogens with zero attached hydrogens (tertiary/aromatic N) is 2. The molecule has 0 aliphatic rings. The molecule has 9 N–H and O–H groups in total. The van der Waals surface area contributed by atoms with Crippen LogP contribution < -0.4 is 27.4 Å². The monoisotopic (exact) mass is 527 g/mol. The van der Waals surface area contributed by atoms with Crippen LogP contribution in [0.15, 0.2) is 9.98 Å². The smallest absolute Gasteiger partial charge is 0.251 e. The van der Waals surface area contributed by atoms with Crippen LogP contribution in [0.2, 0.25) is 0 Å². The van der Waals surface area contributed by atoms with Gasteiger partial charge in [0.15, 0.2) is 6.10 Å². The molecule has 37 heavy (non-hydrogen) atoms. The molecule has 0 aliphatic carbocycles. The lowest BCUT2D eigenvalue weighted by Crippen LogP contribution is -2.43. The predicted molar refractivity (Wildman–Crippen MR) is 151 cm³/mol. The molecule has 11 nitrogen and oxygen atoms in total. The zero-order valence-electron chi connectivity index (χ0n) is 23.7. The van der Waals surface area contributed by atoms with Crippen LogP contribution in [0.1, 0.15) is 92.4 Å². The van der Waals surface area contributed by atoms with E-state index in [4.69, 9.17) is 11.5 Å². The zero-order chi connectivity index (χ0) is 28.3. The molecule has 0 spiro atoms. The summed E-state index contributed by atoms with van der Waals surface area (Å²) in [6, 6.07) is -0.00801. The van der Waals surface area contributed by atoms with Crippen molar-refractivity contribution in [3.63, 3.8) is 0 Å². The number of rotatable bonds is 21. The highest BCUT2D eigenvalue weighted by Crippen LogP contribution is 2.07. The molecule has 216 valence electrons. The Morgan fingerprint density at radius 2 is 1.43 bits per heavy atom. The number of nitrogens with one attached hydrogen (secondary N) is 3. The van der Waals surface area contributed by atoms with E-state index in [1.54, 1.807) is 0 Å². The topological polar surface area (TPSA) is 187 Å². The van der Waals surface area contributed by atoms with E-state index in [1.165, 1.54) is 0 Å². The summed E-state index contributed by atoms with van der Waals surface area (Å²) in [6.45, 7) is 12.2. The van der Waals surface area contributed by atoms with E-state index in [9.17, 15) is 19.8 Å². The first-order valence-corrected chi connectivity index (χ1v) is 13.6. The van der Waals surface area contributed by atoms with Crippen molar-refractivity contribution in [2.24, 2.45) is 21.5 Å². The normalized spacial score (nSPS) is 14.5. The fourth-order valence-electron chi connectivity index (χ4n) is 3.33. The summed E-state index contributed by atoms with van der Waals surface area (Å²) in [5, 5.41) is 28.5. The SMILES string of the molecule is CCC(C)(C)NCCN=C(N)CCCCCCC(N)=NCCNC(=O)[C@H](O)C(O)CCC(=O)NC(C)C. The zero-order valence-corrected chi connectivity index (χ0v) is 23.7. The maximum absolute atomic E-state index is 12.0. The third-order valence-corrected chi connectivity index (χ3v) is 6.01. The summed E-state index contributed by atoms with van der Waals surface area (Å²) >= 11 is 0. The van der Waals surface area contributed by atoms with Gasteiger partial charge in [-0.05, 0) is 53.4 Å². The highest BCUT2D eigenvalue weighted by molar-refractivity contribution is 5.82. The number of hydrogen-bond donors (Lipinski definition) is 7. The Bertz CT molecular complexity index is 711. The van der Waals surface area contributed by atoms with Gasteiger partial charge in [-0.2, -0.15) is 0 Å². The number of amidine groups is 2. The Kier molecular flexibility index (Phi) is 18.6. The van der Waals surface area contributed by atoms with E-state index in [-0.39, 0.29) is 43.4 Å². The first kappa shape index (κ1) is 34.8. The van der Waals surface area contributed by atoms with E-state index < -0.39 is 18.1 Å². The minimum atomic E-state index is -1.60. The van der Waals surface area contributed by atoms with E-state index in [0.717, 1.165) is 45.1 Å². The maximum Gasteiger partial charge on any atom is 0.251 e. The Labute approximate surface area is 223 Å². The second kappa shape index (κ2) is 19.8. The van der Waals surface area contributed by atoms with Crippen LogP contribution >= 0.6 is 0 Å². The highest BCUT2D eigenvalue weighted by atomic mass is 16.3. The van der Waals surface area contributed by atoms with Crippen LogP contribution in [-0.4, -0.2) is 83.7 Å². The molecule has 0 rings (SSSR count). The molecule has 0 aliphatic heterocycles. The second-order valence-electron chi connectivity index (χ2n) is 10.4. The molecule has 0 aromatic rings. The summed E-state index contributed by atoms with van der Waals surface area (Å²) in [4.78, 5) is 32.3. The Morgan fingerprint density at radius 3 is 1.95 bits per heavy atom. The molecule has 0 fully saturated rings. The molecule has 11 heteroatoms. The third kappa shape index (κ3) is 19.5. The number of unbranched alkanes of at least 4 members (excludes halogenated alkanes) is 3. The van der Waals surface area contributed by atoms with Gasteiger partial charge in [-0.3, -0.25) is 19.6 Å². The first-order valence-electron chi connectivity index (χ1n) is 13.6. The molecule has 0 aromatic carbocycles. The van der Waals surface area contributed by atoms with Gasteiger partial charge < -0.3 is 37.6 Å². The van der Waals surface area contributed by atoms with Crippen molar-refractivity contribution in [3.8, 4) is 0 Å². The van der Waals surface area contributed by atoms with Crippen LogP contribution in [0.5, 0.6) is 0 Å². The average molecular weight is 528 g/mol. The van der Waals surface area contributed by atoms with Gasteiger partial charge in [0.1, 0.15) is 0 Å². The van der Waals surface area contributed by atoms with Crippen LogP contribution in [0.4, 0.5) is 0 Å². The Hall–Kier alpha value is -2.24. The lowest BCUT2D eigenvalue weighted by molar-refractivity contribution is -0.136. The molecule has 0 heterocycles. The van der Waals surface area contributed by atoms with Crippen LogP contribution in [0, 0.1) is 0 Å². The number of carbonyl (C=O) groups is 2. The van der Waals surface area contributed by atoms with E-state index in [0.29, 0.717) is 24.6 Å². The predicted octanol–water partition coefficient (Wildman–Crippen LogP) is 0.962. The van der Waals surface area contributed by atoms with E-state index in [2.05, 4.69) is 46.7 Å². The van der Waals surface area contributed by atoms with Crippen molar-refractivity contribution >= 4 is 23.5 Å². The summed E-state index contributed by atoms with van der Waals surface area (Å²) in [6.07, 6.45) is 3.62. The number of nitrogens with two attached hydrogens (primary N) is 2. The molecule has 0 bridgehead atoms. The quantitative estimate of drug-likeness (QED) is 0.0657. The maximum atomic E-state index is 12.0. The minimum absolute atomic E-state index is 0.00729. The van der Waals surface area contributed by atoms with Gasteiger partial charge in [-0.15, -0.1) is 0 Å². The molecular formula is C26H53N7O4. The second-order valence-corrected chi connectivity index (χ2v) is 10.4. The van der Waals surface area contributed by atoms with Gasteiger partial charge in [-0.1, -0.05) is 19.8 Å². The Balaban J connectivity index is 3.91. The largest absolute Gasteiger partial charge is 0.390 e. The third-order valence-electron chi connectivity index (χ3n) is 6.01. The lowest BCUT2D eigenvalue weighted by atomic mass is 10.0. The fourth-order valence-corrected chi connectivity index (χ4v) is 3.33. The van der Waals surface area contributed by atoms with Gasteiger partial charge in [0, 0.05) is 43.9 Å². The molecule has 2 atom stereocenters. The van der Waals surface area contributed by atoms with Crippen molar-refractivity contribution in [3.05, 3.63) is 0 Å². The number of hydrogen-bond acceptors (Lipinski definition) is 7. The van der Waals surface area contributed by atoms with Gasteiger partial charge in [0.25, 0.3) is 5.91 Å². The van der Waals surface area contributed by atoms with Crippen molar-refractivity contribution in [1.29, 1.82) is 0 Å². The molecule has 1 unspecified atom stereocenters. The number of aliphatic imine (C=N–C) groups is 2. The van der Waals surface area contributed by atoms with Crippen molar-refractivity contribution in [2.75, 3.05) is 26.2 Å². The van der Waals surface area contributed by atoms with Gasteiger partial charge in [-0.25, -0.2) is 0 Å². The summed E-state index contributed by atoms with van der Waals surface area (Å²) < 4.78 is 0. The van der Waals surface area contributed by atoms with Crippen molar-refractivity contribution in [1.82, 2.24) is 16.0 Å². The fraction of sp³-hybridized carbons (Fsp3) is 0.846. The standard InChI is InChI=1S/C26H53N7O4/c1-6-26(4,5)32-18-17-30-22(28)12-10-8-7-9-11-21(27)29-15-16-31-25(37)24(36)20(34)13-14-23(35)33-19(2)3/h19-20,24,32,34,36H,6-18H2,1-5H3,(H2,27,29)(H2,28,30)(H,31,37)(H,33,35)/t20?,24-/m1/s1. The average Bonchev–Trinajstić information content (AvgIpc) is 2.84. The summed E-state index contributed by atoms with van der Waals surface area (Å²) in [5.74, 6) is 0.289. The van der Waals surface area contributed by atoms with Gasteiger partial charge >= 0.3 is 0 Å². The Morgan fingerprint density at radius 1 is 0.892 bits per heavy atom. The van der Waals surface area contributed by atoms with Crippen LogP contribution in [0.25, 0.3) is 0 Å². The summed E-state index contributed by atoms with van der Waals surface area (Å²) in [5.41, 5.74) is 12.1. The molecule has 0 radical (unpaired) electrons. The number of aliphatic hydroxyl groups is 2. The van der Waals surface area contributed by atoms with Crippen LogP contribution in [0.3, 0.4) is 0 Å². The van der Waals surface area contributed by atoms with E-state index in [1.807, 2.05) is 13.8 Å². The number of amides is 2. The molecular weight excluding hydrogens is 474 g/mol. The van der Waals surface area contributed by atoms with Crippen LogP contribution in [-0.2, 0) is 9.59 Å². The van der Waals surface area contributed by atoms with Gasteiger partial charge in [0.05, 0.1) is 30.9 Å². The van der Waals surface area contributed by atoms with Crippen molar-refractivity contribution < 1.29 is 19.8 Å². The highest BCUT2D eigenvalue weighted by Gasteiger charge is 2.24. The van der Waals surface area contributed by atoms with Gasteiger partial charge in [0.2, 0.25) is 5.91 Å². The number of aliphatic hydroxyl groups excluding tert-OH is 2. The summed E-state index contributed by atoms with van der Waals surface area (Å²) in [7, 11) is 0. The lowest BCUT2D eigenvalue weighted by Gasteiger charge is -2.23. The molecule has 0 saturated heterocycles. The van der Waals surface area contributed by atoms with Crippen molar-refractivity contribution in [2.45, 2.75) is 116 Å². The van der Waals surface area contributed by atoms with E-state index >= 15 is 0 Å². The molecule has 2 amide bonds. The molecule has 0 saturated carbocycles. The minimum Gasteiger partial charge on any atom is -0.390 e. The number of carbonyl (C=O) groups excluding carboxylic acids is 2. The first-order chi connectivity index (χ1) is 17.4. The molecule has 0 aromatic heterocycles.